The lowest BCUT2D eigenvalue weighted by Crippen LogP contribution is -2.33. The number of aryl methyl sites for hydroxylation is 1. The van der Waals surface area contributed by atoms with Crippen molar-refractivity contribution in [2.45, 2.75) is 45.3 Å². The lowest BCUT2D eigenvalue weighted by Gasteiger charge is -2.32. The van der Waals surface area contributed by atoms with E-state index in [1.807, 2.05) is 6.92 Å². The van der Waals surface area contributed by atoms with Crippen molar-refractivity contribution in [2.24, 2.45) is 0 Å². The molecule has 0 saturated carbocycles. The molecule has 5 heteroatoms. The van der Waals surface area contributed by atoms with Crippen LogP contribution in [0.15, 0.2) is 24.4 Å². The fourth-order valence-corrected chi connectivity index (χ4v) is 3.95. The Kier molecular flexibility index (Phi) is 4.68. The van der Waals surface area contributed by atoms with Crippen molar-refractivity contribution in [3.63, 3.8) is 0 Å². The molecule has 0 amide bonds. The predicted molar refractivity (Wildman–Crippen MR) is 95.6 cm³/mol. The van der Waals surface area contributed by atoms with Gasteiger partial charge >= 0.3 is 0 Å². The van der Waals surface area contributed by atoms with Crippen LogP contribution in [0.1, 0.15) is 47.0 Å². The summed E-state index contributed by atoms with van der Waals surface area (Å²) in [5, 5.41) is 9.56. The molecule has 1 aromatic carbocycles. The summed E-state index contributed by atoms with van der Waals surface area (Å²) >= 11 is 0. The van der Waals surface area contributed by atoms with E-state index in [9.17, 15) is 5.11 Å². The molecule has 1 fully saturated rings. The normalized spacial score (nSPS) is 18.2. The predicted octanol–water partition coefficient (Wildman–Crippen LogP) is 2.59. The molecule has 0 radical (unpaired) electrons. The number of piperidine rings is 1. The molecule has 1 aromatic heterocycles. The molecule has 0 aliphatic carbocycles. The average molecular weight is 339 g/mol. The molecule has 25 heavy (non-hydrogen) atoms. The third-order valence-corrected chi connectivity index (χ3v) is 5.32. The Balaban J connectivity index is 1.39. The van der Waals surface area contributed by atoms with Gasteiger partial charge in [-0.1, -0.05) is 12.1 Å². The second-order valence-electron chi connectivity index (χ2n) is 7.08. The van der Waals surface area contributed by atoms with Crippen LogP contribution in [0.5, 0.6) is 5.75 Å². The zero-order valence-electron chi connectivity index (χ0n) is 14.7. The van der Waals surface area contributed by atoms with Gasteiger partial charge in [-0.3, -0.25) is 4.90 Å². The lowest BCUT2D eigenvalue weighted by molar-refractivity contribution is 0.201. The SMILES string of the molecule is Cc1ncc(CO)c(C2CCN(Cc3ccc4c(c3)CCO4)CC2)n1. The lowest BCUT2D eigenvalue weighted by atomic mass is 9.90. The number of aromatic nitrogens is 2. The summed E-state index contributed by atoms with van der Waals surface area (Å²) in [4.78, 5) is 11.3. The minimum absolute atomic E-state index is 0.0209. The summed E-state index contributed by atoms with van der Waals surface area (Å²) < 4.78 is 5.59. The highest BCUT2D eigenvalue weighted by molar-refractivity contribution is 5.39. The maximum absolute atomic E-state index is 9.56. The first-order valence-corrected chi connectivity index (χ1v) is 9.13. The van der Waals surface area contributed by atoms with E-state index in [-0.39, 0.29) is 6.61 Å². The Morgan fingerprint density at radius 3 is 2.92 bits per heavy atom. The molecule has 1 saturated heterocycles. The molecule has 1 N–H and O–H groups in total. The van der Waals surface area contributed by atoms with Crippen LogP contribution < -0.4 is 4.74 Å². The fraction of sp³-hybridized carbons (Fsp3) is 0.500. The molecule has 2 aliphatic rings. The fourth-order valence-electron chi connectivity index (χ4n) is 3.95. The van der Waals surface area contributed by atoms with Crippen LogP contribution in [0, 0.1) is 6.92 Å². The zero-order valence-corrected chi connectivity index (χ0v) is 14.7. The Labute approximate surface area is 148 Å². The number of hydrogen-bond acceptors (Lipinski definition) is 5. The molecule has 0 unspecified atom stereocenters. The Morgan fingerprint density at radius 2 is 2.12 bits per heavy atom. The highest BCUT2D eigenvalue weighted by Gasteiger charge is 2.24. The van der Waals surface area contributed by atoms with Gasteiger partial charge in [-0.25, -0.2) is 9.97 Å². The summed E-state index contributed by atoms with van der Waals surface area (Å²) in [7, 11) is 0. The number of likely N-dealkylation sites (tertiary alicyclic amines) is 1. The first kappa shape index (κ1) is 16.5. The highest BCUT2D eigenvalue weighted by Crippen LogP contribution is 2.31. The van der Waals surface area contributed by atoms with Gasteiger partial charge in [0.15, 0.2) is 0 Å². The van der Waals surface area contributed by atoms with Gasteiger partial charge in [0.05, 0.1) is 18.9 Å². The molecule has 0 atom stereocenters. The van der Waals surface area contributed by atoms with Crippen molar-refractivity contribution >= 4 is 0 Å². The monoisotopic (exact) mass is 339 g/mol. The van der Waals surface area contributed by atoms with Crippen LogP contribution >= 0.6 is 0 Å². The van der Waals surface area contributed by atoms with E-state index in [0.29, 0.717) is 5.92 Å². The number of ether oxygens (including phenoxy) is 1. The largest absolute Gasteiger partial charge is 0.493 e. The van der Waals surface area contributed by atoms with Gasteiger partial charge in [-0.15, -0.1) is 0 Å². The Hall–Kier alpha value is -1.98. The minimum Gasteiger partial charge on any atom is -0.493 e. The second-order valence-corrected chi connectivity index (χ2v) is 7.08. The molecule has 132 valence electrons. The van der Waals surface area contributed by atoms with E-state index in [1.165, 1.54) is 11.1 Å². The average Bonchev–Trinajstić information content (AvgIpc) is 3.10. The number of aliphatic hydroxyl groups excluding tert-OH is 1. The van der Waals surface area contributed by atoms with Crippen molar-refractivity contribution in [2.75, 3.05) is 19.7 Å². The smallest absolute Gasteiger partial charge is 0.125 e. The van der Waals surface area contributed by atoms with E-state index in [0.717, 1.165) is 68.3 Å². The third-order valence-electron chi connectivity index (χ3n) is 5.32. The Morgan fingerprint density at radius 1 is 1.28 bits per heavy atom. The molecule has 0 bridgehead atoms. The maximum atomic E-state index is 9.56. The number of nitrogens with zero attached hydrogens (tertiary/aromatic N) is 3. The highest BCUT2D eigenvalue weighted by atomic mass is 16.5. The summed E-state index contributed by atoms with van der Waals surface area (Å²) in [5.74, 6) is 2.27. The van der Waals surface area contributed by atoms with Crippen molar-refractivity contribution in [3.05, 3.63) is 52.6 Å². The van der Waals surface area contributed by atoms with E-state index in [1.54, 1.807) is 6.20 Å². The van der Waals surface area contributed by atoms with Gasteiger partial charge in [0, 0.05) is 30.6 Å². The molecule has 5 nitrogen and oxygen atoms in total. The van der Waals surface area contributed by atoms with Gasteiger partial charge in [0.1, 0.15) is 11.6 Å². The van der Waals surface area contributed by atoms with Crippen LogP contribution in [-0.4, -0.2) is 39.7 Å². The van der Waals surface area contributed by atoms with Gasteiger partial charge < -0.3 is 9.84 Å². The van der Waals surface area contributed by atoms with Crippen molar-refractivity contribution in [1.82, 2.24) is 14.9 Å². The van der Waals surface area contributed by atoms with Crippen LogP contribution in [0.3, 0.4) is 0 Å². The number of fused-ring (bicyclic) bond motifs is 1. The van der Waals surface area contributed by atoms with E-state index in [2.05, 4.69) is 33.1 Å². The standard InChI is InChI=1S/C20H25N3O2/c1-14-21-11-18(13-24)20(22-14)16-4-7-23(8-5-16)12-15-2-3-19-17(10-15)6-9-25-19/h2-3,10-11,16,24H,4-9,12-13H2,1H3. The molecule has 3 heterocycles. The van der Waals surface area contributed by atoms with Crippen molar-refractivity contribution in [3.8, 4) is 5.75 Å². The van der Waals surface area contributed by atoms with Crippen LogP contribution in [0.25, 0.3) is 0 Å². The van der Waals surface area contributed by atoms with E-state index >= 15 is 0 Å². The van der Waals surface area contributed by atoms with Gasteiger partial charge in [-0.2, -0.15) is 0 Å². The number of hydrogen-bond donors (Lipinski definition) is 1. The summed E-state index contributed by atoms with van der Waals surface area (Å²) in [5.41, 5.74) is 4.64. The van der Waals surface area contributed by atoms with Crippen LogP contribution in [0.4, 0.5) is 0 Å². The van der Waals surface area contributed by atoms with Gasteiger partial charge in [0.2, 0.25) is 0 Å². The van der Waals surface area contributed by atoms with Gasteiger partial charge in [-0.05, 0) is 50.0 Å². The molecular weight excluding hydrogens is 314 g/mol. The van der Waals surface area contributed by atoms with Crippen molar-refractivity contribution < 1.29 is 9.84 Å². The zero-order chi connectivity index (χ0) is 17.2. The number of benzene rings is 1. The number of rotatable bonds is 4. The van der Waals surface area contributed by atoms with Crippen LogP contribution in [0.2, 0.25) is 0 Å². The molecule has 0 spiro atoms. The van der Waals surface area contributed by atoms with Gasteiger partial charge in [0.25, 0.3) is 0 Å². The molecule has 2 aromatic rings. The van der Waals surface area contributed by atoms with E-state index in [4.69, 9.17) is 4.74 Å². The molecule has 2 aliphatic heterocycles. The maximum Gasteiger partial charge on any atom is 0.125 e. The van der Waals surface area contributed by atoms with Crippen molar-refractivity contribution in [1.29, 1.82) is 0 Å². The quantitative estimate of drug-likeness (QED) is 0.928. The minimum atomic E-state index is 0.0209. The Bertz CT molecular complexity index is 755. The summed E-state index contributed by atoms with van der Waals surface area (Å²) in [6.45, 7) is 5.87. The summed E-state index contributed by atoms with van der Waals surface area (Å²) in [6.07, 6.45) is 4.97. The summed E-state index contributed by atoms with van der Waals surface area (Å²) in [6, 6.07) is 6.60. The molecular formula is C20H25N3O2. The van der Waals surface area contributed by atoms with E-state index < -0.39 is 0 Å². The first-order chi connectivity index (χ1) is 12.2. The molecule has 4 rings (SSSR count). The van der Waals surface area contributed by atoms with Crippen LogP contribution in [-0.2, 0) is 19.6 Å². The number of aliphatic hydroxyl groups is 1. The first-order valence-electron chi connectivity index (χ1n) is 9.13. The topological polar surface area (TPSA) is 58.5 Å². The third kappa shape index (κ3) is 3.53. The second kappa shape index (κ2) is 7.10.